The first-order chi connectivity index (χ1) is 13.7. The maximum absolute atomic E-state index is 12.8. The van der Waals surface area contributed by atoms with E-state index in [1.165, 1.54) is 22.2 Å². The van der Waals surface area contributed by atoms with Gasteiger partial charge < -0.3 is 20.5 Å². The van der Waals surface area contributed by atoms with Crippen LogP contribution >= 0.6 is 0 Å². The third-order valence-electron chi connectivity index (χ3n) is 6.42. The van der Waals surface area contributed by atoms with Gasteiger partial charge in [-0.25, -0.2) is 4.79 Å². The monoisotopic (exact) mass is 374 g/mol. The summed E-state index contributed by atoms with van der Waals surface area (Å²) >= 11 is 0. The highest BCUT2D eigenvalue weighted by Crippen LogP contribution is 2.40. The number of rotatable bonds is 1. The minimum absolute atomic E-state index is 0.00294. The van der Waals surface area contributed by atoms with Gasteiger partial charge in [0.05, 0.1) is 5.54 Å². The van der Waals surface area contributed by atoms with Crippen LogP contribution in [-0.4, -0.2) is 35.5 Å². The number of carbonyl (C=O) groups excluding carboxylic acids is 1. The van der Waals surface area contributed by atoms with E-state index in [1.807, 2.05) is 36.1 Å². The third-order valence-corrected chi connectivity index (χ3v) is 6.42. The number of nitrogens with zero attached hydrogens (tertiary/aromatic N) is 1. The highest BCUT2D eigenvalue weighted by atomic mass is 16.2. The summed E-state index contributed by atoms with van der Waals surface area (Å²) in [5.41, 5.74) is 5.93. The van der Waals surface area contributed by atoms with Crippen molar-refractivity contribution in [3.63, 3.8) is 0 Å². The molecule has 0 saturated carbocycles. The Hall–Kier alpha value is -2.79. The number of piperidine rings is 1. The number of anilines is 1. The smallest absolute Gasteiger partial charge is 0.321 e. The zero-order valence-electron chi connectivity index (χ0n) is 16.2. The number of amides is 2. The van der Waals surface area contributed by atoms with Crippen LogP contribution in [-0.2, 0) is 12.0 Å². The van der Waals surface area contributed by atoms with Gasteiger partial charge in [0.25, 0.3) is 0 Å². The van der Waals surface area contributed by atoms with Gasteiger partial charge in [0.2, 0.25) is 0 Å². The second kappa shape index (κ2) is 6.67. The lowest BCUT2D eigenvalue weighted by atomic mass is 9.79. The van der Waals surface area contributed by atoms with E-state index in [4.69, 9.17) is 0 Å². The van der Waals surface area contributed by atoms with E-state index < -0.39 is 0 Å². The molecule has 3 heterocycles. The fourth-order valence-corrected chi connectivity index (χ4v) is 4.81. The summed E-state index contributed by atoms with van der Waals surface area (Å²) in [6.07, 6.45) is 2.90. The SMILES string of the molecule is Cc1ccccc1NC(=O)N1CCC2(CC1)NCCc1c2[nH]c2ccccc12. The summed E-state index contributed by atoms with van der Waals surface area (Å²) in [6.45, 7) is 4.51. The van der Waals surface area contributed by atoms with Crippen LogP contribution in [0.3, 0.4) is 0 Å². The number of hydrogen-bond donors (Lipinski definition) is 3. The molecule has 144 valence electrons. The normalized spacial score (nSPS) is 18.2. The molecule has 0 atom stereocenters. The van der Waals surface area contributed by atoms with Gasteiger partial charge in [0, 0.05) is 41.9 Å². The molecule has 3 N–H and O–H groups in total. The van der Waals surface area contributed by atoms with E-state index in [2.05, 4.69) is 39.9 Å². The molecule has 2 aromatic carbocycles. The van der Waals surface area contributed by atoms with Gasteiger partial charge in [-0.2, -0.15) is 0 Å². The van der Waals surface area contributed by atoms with E-state index in [-0.39, 0.29) is 11.6 Å². The zero-order chi connectivity index (χ0) is 19.1. The Morgan fingerprint density at radius 2 is 1.82 bits per heavy atom. The number of urea groups is 1. The van der Waals surface area contributed by atoms with Crippen molar-refractivity contribution < 1.29 is 4.79 Å². The van der Waals surface area contributed by atoms with Gasteiger partial charge in [-0.15, -0.1) is 0 Å². The number of fused-ring (bicyclic) bond motifs is 4. The minimum atomic E-state index is -0.0496. The van der Waals surface area contributed by atoms with Crippen LogP contribution in [0.25, 0.3) is 10.9 Å². The van der Waals surface area contributed by atoms with Crippen molar-refractivity contribution in [1.82, 2.24) is 15.2 Å². The molecule has 5 nitrogen and oxygen atoms in total. The van der Waals surface area contributed by atoms with Crippen LogP contribution in [0, 0.1) is 6.92 Å². The maximum atomic E-state index is 12.8. The Bertz CT molecular complexity index is 1030. The molecule has 2 aliphatic heterocycles. The predicted octanol–water partition coefficient (Wildman–Crippen LogP) is 4.15. The van der Waals surface area contributed by atoms with Crippen molar-refractivity contribution in [2.24, 2.45) is 0 Å². The van der Waals surface area contributed by atoms with Crippen molar-refractivity contribution in [3.8, 4) is 0 Å². The lowest BCUT2D eigenvalue weighted by molar-refractivity contribution is 0.142. The highest BCUT2D eigenvalue weighted by Gasteiger charge is 2.42. The summed E-state index contributed by atoms with van der Waals surface area (Å²) in [5, 5.41) is 8.20. The second-order valence-electron chi connectivity index (χ2n) is 8.02. The maximum Gasteiger partial charge on any atom is 0.321 e. The van der Waals surface area contributed by atoms with Crippen LogP contribution in [0.15, 0.2) is 48.5 Å². The van der Waals surface area contributed by atoms with E-state index in [1.54, 1.807) is 0 Å². The van der Waals surface area contributed by atoms with Gasteiger partial charge in [-0.3, -0.25) is 0 Å². The Morgan fingerprint density at radius 3 is 2.64 bits per heavy atom. The van der Waals surface area contributed by atoms with Crippen molar-refractivity contribution in [2.75, 3.05) is 25.0 Å². The molecule has 1 aromatic heterocycles. The molecule has 28 heavy (non-hydrogen) atoms. The van der Waals surface area contributed by atoms with Crippen molar-refractivity contribution >= 4 is 22.6 Å². The molecule has 0 aliphatic carbocycles. The molecule has 0 unspecified atom stereocenters. The molecule has 1 fully saturated rings. The highest BCUT2D eigenvalue weighted by molar-refractivity contribution is 5.90. The topological polar surface area (TPSA) is 60.2 Å². The van der Waals surface area contributed by atoms with E-state index in [0.29, 0.717) is 0 Å². The zero-order valence-corrected chi connectivity index (χ0v) is 16.2. The van der Waals surface area contributed by atoms with Crippen molar-refractivity contribution in [3.05, 3.63) is 65.4 Å². The van der Waals surface area contributed by atoms with Gasteiger partial charge in [0.1, 0.15) is 0 Å². The number of hydrogen-bond acceptors (Lipinski definition) is 2. The molecule has 2 amide bonds. The summed E-state index contributed by atoms with van der Waals surface area (Å²) in [5.74, 6) is 0. The summed E-state index contributed by atoms with van der Waals surface area (Å²) < 4.78 is 0. The average Bonchev–Trinajstić information content (AvgIpc) is 3.11. The van der Waals surface area contributed by atoms with Crippen LogP contribution in [0.2, 0.25) is 0 Å². The number of carbonyl (C=O) groups is 1. The number of nitrogens with one attached hydrogen (secondary N) is 3. The Morgan fingerprint density at radius 1 is 1.07 bits per heavy atom. The molecule has 1 spiro atoms. The number of likely N-dealkylation sites (tertiary alicyclic amines) is 1. The molecule has 3 aromatic rings. The Kier molecular flexibility index (Phi) is 4.13. The quantitative estimate of drug-likeness (QED) is 0.599. The lowest BCUT2D eigenvalue weighted by Crippen LogP contribution is -2.55. The van der Waals surface area contributed by atoms with Gasteiger partial charge in [-0.05, 0) is 49.4 Å². The second-order valence-corrected chi connectivity index (χ2v) is 8.02. The molecule has 2 aliphatic rings. The van der Waals surface area contributed by atoms with Crippen molar-refractivity contribution in [1.29, 1.82) is 0 Å². The van der Waals surface area contributed by atoms with Gasteiger partial charge in [-0.1, -0.05) is 36.4 Å². The predicted molar refractivity (Wildman–Crippen MR) is 113 cm³/mol. The first kappa shape index (κ1) is 17.3. The summed E-state index contributed by atoms with van der Waals surface area (Å²) in [6, 6.07) is 16.5. The lowest BCUT2D eigenvalue weighted by Gasteiger charge is -2.44. The molecular weight excluding hydrogens is 348 g/mol. The summed E-state index contributed by atoms with van der Waals surface area (Å²) in [7, 11) is 0. The number of aromatic nitrogens is 1. The standard InChI is InChI=1S/C23H26N4O/c1-16-6-2-4-8-19(16)26-22(28)27-14-11-23(12-15-27)21-18(10-13-24-23)17-7-3-5-9-20(17)25-21/h2-9,24-25H,10-15H2,1H3,(H,26,28). The molecule has 0 radical (unpaired) electrons. The van der Waals surface area contributed by atoms with E-state index >= 15 is 0 Å². The fourth-order valence-electron chi connectivity index (χ4n) is 4.81. The molecule has 5 heteroatoms. The third kappa shape index (κ3) is 2.78. The van der Waals surface area contributed by atoms with Crippen LogP contribution in [0.4, 0.5) is 10.5 Å². The van der Waals surface area contributed by atoms with E-state index in [0.717, 1.165) is 50.1 Å². The first-order valence-electron chi connectivity index (χ1n) is 10.1. The molecule has 5 rings (SSSR count). The molecule has 0 bridgehead atoms. The average molecular weight is 374 g/mol. The summed E-state index contributed by atoms with van der Waals surface area (Å²) in [4.78, 5) is 18.4. The number of aryl methyl sites for hydroxylation is 1. The Labute approximate surface area is 165 Å². The number of para-hydroxylation sites is 2. The van der Waals surface area contributed by atoms with E-state index in [9.17, 15) is 4.79 Å². The fraction of sp³-hybridized carbons (Fsp3) is 0.348. The van der Waals surface area contributed by atoms with Crippen LogP contribution in [0.5, 0.6) is 0 Å². The number of H-pyrrole nitrogens is 1. The molecular formula is C23H26N4O. The number of benzene rings is 2. The first-order valence-corrected chi connectivity index (χ1v) is 10.1. The van der Waals surface area contributed by atoms with Crippen molar-refractivity contribution in [2.45, 2.75) is 31.7 Å². The minimum Gasteiger partial charge on any atom is -0.357 e. The Balaban J connectivity index is 1.35. The van der Waals surface area contributed by atoms with Gasteiger partial charge in [0.15, 0.2) is 0 Å². The number of aromatic amines is 1. The largest absolute Gasteiger partial charge is 0.357 e. The molecule has 1 saturated heterocycles. The van der Waals surface area contributed by atoms with Gasteiger partial charge >= 0.3 is 6.03 Å². The van der Waals surface area contributed by atoms with Crippen LogP contribution < -0.4 is 10.6 Å². The van der Waals surface area contributed by atoms with Crippen LogP contribution in [0.1, 0.15) is 29.7 Å².